The van der Waals surface area contributed by atoms with Crippen LogP contribution in [-0.2, 0) is 4.79 Å². The monoisotopic (exact) mass is 160 g/mol. The quantitative estimate of drug-likeness (QED) is 0.581. The number of hydrogen-bond donors (Lipinski definition) is 1. The largest absolute Gasteiger partial charge is 0.331 e. The Kier molecular flexibility index (Phi) is 2.56. The molecule has 58 valence electrons. The fraction of sp³-hybridized carbons (Fsp3) is 0.833. The van der Waals surface area contributed by atoms with Crippen LogP contribution >= 0.6 is 11.8 Å². The molecule has 1 amide bonds. The summed E-state index contributed by atoms with van der Waals surface area (Å²) in [5.41, 5.74) is 5.42. The average Bonchev–Trinajstić information content (AvgIpc) is 2.36. The molecule has 1 aliphatic rings. The Morgan fingerprint density at radius 2 is 2.50 bits per heavy atom. The van der Waals surface area contributed by atoms with Gasteiger partial charge in [0, 0.05) is 12.3 Å². The summed E-state index contributed by atoms with van der Waals surface area (Å²) >= 11 is 1.78. The minimum Gasteiger partial charge on any atom is -0.331 e. The van der Waals surface area contributed by atoms with Gasteiger partial charge in [-0.2, -0.15) is 0 Å². The van der Waals surface area contributed by atoms with Gasteiger partial charge in [0.2, 0.25) is 5.91 Å². The predicted molar refractivity (Wildman–Crippen MR) is 42.7 cm³/mol. The van der Waals surface area contributed by atoms with E-state index in [1.165, 1.54) is 0 Å². The number of nitrogens with zero attached hydrogens (tertiary/aromatic N) is 1. The van der Waals surface area contributed by atoms with Crippen LogP contribution in [0, 0.1) is 0 Å². The Balaban J connectivity index is 2.40. The smallest absolute Gasteiger partial charge is 0.239 e. The molecule has 2 N–H and O–H groups in total. The number of amides is 1. The number of carbonyl (C=O) groups is 1. The van der Waals surface area contributed by atoms with E-state index in [0.29, 0.717) is 0 Å². The number of rotatable bonds is 1. The molecule has 0 aromatic rings. The molecule has 1 fully saturated rings. The van der Waals surface area contributed by atoms with Gasteiger partial charge in [0.15, 0.2) is 0 Å². The third-order valence-electron chi connectivity index (χ3n) is 1.45. The fourth-order valence-electron chi connectivity index (χ4n) is 0.876. The Morgan fingerprint density at radius 1 is 1.80 bits per heavy atom. The minimum atomic E-state index is -0.335. The molecule has 0 saturated carbocycles. The lowest BCUT2D eigenvalue weighted by molar-refractivity contribution is -0.130. The van der Waals surface area contributed by atoms with E-state index >= 15 is 0 Å². The summed E-state index contributed by atoms with van der Waals surface area (Å²) in [6, 6.07) is -0.335. The van der Waals surface area contributed by atoms with Crippen LogP contribution < -0.4 is 5.73 Å². The van der Waals surface area contributed by atoms with Crippen molar-refractivity contribution in [3.05, 3.63) is 0 Å². The summed E-state index contributed by atoms with van der Waals surface area (Å²) < 4.78 is 0. The van der Waals surface area contributed by atoms with E-state index in [1.54, 1.807) is 23.6 Å². The van der Waals surface area contributed by atoms with Crippen molar-refractivity contribution in [2.24, 2.45) is 5.73 Å². The van der Waals surface area contributed by atoms with Crippen molar-refractivity contribution in [3.63, 3.8) is 0 Å². The van der Waals surface area contributed by atoms with Crippen LogP contribution in [0.5, 0.6) is 0 Å². The summed E-state index contributed by atoms with van der Waals surface area (Å²) in [4.78, 5) is 12.9. The number of thioether (sulfide) groups is 1. The van der Waals surface area contributed by atoms with Gasteiger partial charge in [0.25, 0.3) is 0 Å². The van der Waals surface area contributed by atoms with Crippen LogP contribution in [0.25, 0.3) is 0 Å². The first-order valence-electron chi connectivity index (χ1n) is 3.34. The zero-order valence-corrected chi connectivity index (χ0v) is 6.86. The molecule has 4 heteroatoms. The molecule has 1 aliphatic heterocycles. The zero-order valence-electron chi connectivity index (χ0n) is 6.04. The van der Waals surface area contributed by atoms with E-state index in [4.69, 9.17) is 5.73 Å². The van der Waals surface area contributed by atoms with Gasteiger partial charge in [-0.3, -0.25) is 4.79 Å². The van der Waals surface area contributed by atoms with E-state index in [2.05, 4.69) is 0 Å². The van der Waals surface area contributed by atoms with Gasteiger partial charge in [-0.15, -0.1) is 11.8 Å². The van der Waals surface area contributed by atoms with Crippen molar-refractivity contribution in [3.8, 4) is 0 Å². The van der Waals surface area contributed by atoms with Gasteiger partial charge in [0.05, 0.1) is 11.9 Å². The first-order valence-corrected chi connectivity index (χ1v) is 4.49. The normalized spacial score (nSPS) is 21.2. The standard InChI is InChI=1S/C6H12N2OS/c1-5(7)6(9)8-2-3-10-4-8/h5H,2-4,7H2,1H3. The van der Waals surface area contributed by atoms with Crippen molar-refractivity contribution in [2.75, 3.05) is 18.2 Å². The highest BCUT2D eigenvalue weighted by Crippen LogP contribution is 2.13. The van der Waals surface area contributed by atoms with Crippen LogP contribution in [-0.4, -0.2) is 35.0 Å². The van der Waals surface area contributed by atoms with Gasteiger partial charge in [0.1, 0.15) is 0 Å². The van der Waals surface area contributed by atoms with Gasteiger partial charge >= 0.3 is 0 Å². The van der Waals surface area contributed by atoms with Gasteiger partial charge < -0.3 is 10.6 Å². The average molecular weight is 160 g/mol. The summed E-state index contributed by atoms with van der Waals surface area (Å²) in [5.74, 6) is 1.95. The highest BCUT2D eigenvalue weighted by atomic mass is 32.2. The molecule has 0 aromatic carbocycles. The van der Waals surface area contributed by atoms with Crippen LogP contribution in [0.4, 0.5) is 0 Å². The fourth-order valence-corrected chi connectivity index (χ4v) is 1.83. The lowest BCUT2D eigenvalue weighted by atomic mass is 10.3. The third-order valence-corrected chi connectivity index (χ3v) is 2.42. The summed E-state index contributed by atoms with van der Waals surface area (Å²) in [6.07, 6.45) is 0. The Hall–Kier alpha value is -0.220. The first-order chi connectivity index (χ1) is 4.72. The molecule has 10 heavy (non-hydrogen) atoms. The number of hydrogen-bond acceptors (Lipinski definition) is 3. The van der Waals surface area contributed by atoms with Crippen LogP contribution in [0.15, 0.2) is 0 Å². The molecule has 3 nitrogen and oxygen atoms in total. The van der Waals surface area contributed by atoms with Gasteiger partial charge in [-0.25, -0.2) is 0 Å². The van der Waals surface area contributed by atoms with Crippen LogP contribution in [0.2, 0.25) is 0 Å². The van der Waals surface area contributed by atoms with E-state index < -0.39 is 0 Å². The minimum absolute atomic E-state index is 0.0741. The van der Waals surface area contributed by atoms with Crippen molar-refractivity contribution in [1.29, 1.82) is 0 Å². The highest BCUT2D eigenvalue weighted by molar-refractivity contribution is 7.99. The maximum absolute atomic E-state index is 11.1. The van der Waals surface area contributed by atoms with Crippen molar-refractivity contribution >= 4 is 17.7 Å². The second-order valence-corrected chi connectivity index (χ2v) is 3.50. The molecule has 0 radical (unpaired) electrons. The van der Waals surface area contributed by atoms with Crippen molar-refractivity contribution in [1.82, 2.24) is 4.90 Å². The molecule has 0 spiro atoms. The molecular formula is C6H12N2OS. The molecular weight excluding hydrogens is 148 g/mol. The van der Waals surface area contributed by atoms with Crippen LogP contribution in [0.3, 0.4) is 0 Å². The third kappa shape index (κ3) is 1.64. The second-order valence-electron chi connectivity index (χ2n) is 2.43. The van der Waals surface area contributed by atoms with E-state index in [9.17, 15) is 4.79 Å². The van der Waals surface area contributed by atoms with Crippen LogP contribution in [0.1, 0.15) is 6.92 Å². The lowest BCUT2D eigenvalue weighted by Crippen LogP contribution is -2.40. The molecule has 1 atom stereocenters. The van der Waals surface area contributed by atoms with E-state index in [-0.39, 0.29) is 11.9 Å². The zero-order chi connectivity index (χ0) is 7.56. The second kappa shape index (κ2) is 3.25. The topological polar surface area (TPSA) is 46.3 Å². The number of nitrogens with two attached hydrogens (primary N) is 1. The molecule has 1 saturated heterocycles. The Labute approximate surface area is 64.9 Å². The van der Waals surface area contributed by atoms with Crippen molar-refractivity contribution in [2.45, 2.75) is 13.0 Å². The summed E-state index contributed by atoms with van der Waals surface area (Å²) in [7, 11) is 0. The molecule has 0 bridgehead atoms. The van der Waals surface area contributed by atoms with E-state index in [0.717, 1.165) is 18.2 Å². The van der Waals surface area contributed by atoms with E-state index in [1.807, 2.05) is 0 Å². The molecule has 0 aromatic heterocycles. The maximum Gasteiger partial charge on any atom is 0.239 e. The highest BCUT2D eigenvalue weighted by Gasteiger charge is 2.20. The Bertz CT molecular complexity index is 132. The molecule has 0 aliphatic carbocycles. The molecule has 1 rings (SSSR count). The SMILES string of the molecule is CC(N)C(=O)N1CCSC1. The van der Waals surface area contributed by atoms with Crippen molar-refractivity contribution < 1.29 is 4.79 Å². The van der Waals surface area contributed by atoms with Gasteiger partial charge in [-0.1, -0.05) is 0 Å². The number of carbonyl (C=O) groups excluding carboxylic acids is 1. The summed E-state index contributed by atoms with van der Waals surface area (Å²) in [5, 5.41) is 0. The Morgan fingerprint density at radius 3 is 2.90 bits per heavy atom. The molecule has 1 heterocycles. The maximum atomic E-state index is 11.1. The lowest BCUT2D eigenvalue weighted by Gasteiger charge is -2.16. The predicted octanol–water partition coefficient (Wildman–Crippen LogP) is -0.133. The van der Waals surface area contributed by atoms with Gasteiger partial charge in [-0.05, 0) is 6.92 Å². The molecule has 1 unspecified atom stereocenters. The first kappa shape index (κ1) is 7.88. The summed E-state index contributed by atoms with van der Waals surface area (Å²) in [6.45, 7) is 2.59.